The zero-order valence-corrected chi connectivity index (χ0v) is 7.93. The van der Waals surface area contributed by atoms with Gasteiger partial charge in [-0.1, -0.05) is 19.9 Å². The lowest BCUT2D eigenvalue weighted by atomic mass is 9.95. The highest BCUT2D eigenvalue weighted by Crippen LogP contribution is 2.34. The molecule has 0 fully saturated rings. The van der Waals surface area contributed by atoms with Crippen LogP contribution in [-0.4, -0.2) is 6.61 Å². The Morgan fingerprint density at radius 2 is 2.15 bits per heavy atom. The summed E-state index contributed by atoms with van der Waals surface area (Å²) in [7, 11) is 0. The van der Waals surface area contributed by atoms with Crippen molar-refractivity contribution in [2.75, 3.05) is 6.61 Å². The van der Waals surface area contributed by atoms with Gasteiger partial charge in [0.05, 0.1) is 6.61 Å². The third-order valence-corrected chi connectivity index (χ3v) is 2.47. The van der Waals surface area contributed by atoms with Gasteiger partial charge in [0.15, 0.2) is 11.6 Å². The molecule has 2 heteroatoms. The van der Waals surface area contributed by atoms with E-state index in [0.29, 0.717) is 18.3 Å². The zero-order valence-electron chi connectivity index (χ0n) is 7.93. The van der Waals surface area contributed by atoms with Gasteiger partial charge in [0.1, 0.15) is 0 Å². The van der Waals surface area contributed by atoms with E-state index in [1.807, 2.05) is 6.07 Å². The van der Waals surface area contributed by atoms with Gasteiger partial charge >= 0.3 is 0 Å². The van der Waals surface area contributed by atoms with Crippen molar-refractivity contribution in [1.29, 1.82) is 0 Å². The maximum atomic E-state index is 13.2. The van der Waals surface area contributed by atoms with Crippen LogP contribution in [0.2, 0.25) is 0 Å². The average molecular weight is 180 g/mol. The van der Waals surface area contributed by atoms with Crippen molar-refractivity contribution >= 4 is 0 Å². The Morgan fingerprint density at radius 1 is 1.38 bits per heavy atom. The van der Waals surface area contributed by atoms with E-state index in [0.717, 1.165) is 12.0 Å². The predicted octanol–water partition coefficient (Wildman–Crippen LogP) is 2.88. The molecular formula is C11H13FO. The molecule has 70 valence electrons. The van der Waals surface area contributed by atoms with E-state index in [1.54, 1.807) is 0 Å². The number of benzene rings is 1. The summed E-state index contributed by atoms with van der Waals surface area (Å²) in [5, 5.41) is 0. The van der Waals surface area contributed by atoms with Gasteiger partial charge in [0.25, 0.3) is 0 Å². The predicted molar refractivity (Wildman–Crippen MR) is 49.7 cm³/mol. The van der Waals surface area contributed by atoms with E-state index < -0.39 is 0 Å². The Bertz CT molecular complexity index is 331. The molecule has 0 unspecified atom stereocenters. The smallest absolute Gasteiger partial charge is 0.165 e. The van der Waals surface area contributed by atoms with E-state index in [-0.39, 0.29) is 5.82 Å². The molecule has 1 aromatic carbocycles. The Kier molecular flexibility index (Phi) is 1.98. The fourth-order valence-electron chi connectivity index (χ4n) is 1.82. The molecular weight excluding hydrogens is 167 g/mol. The quantitative estimate of drug-likeness (QED) is 0.645. The van der Waals surface area contributed by atoms with Crippen LogP contribution in [-0.2, 0) is 6.42 Å². The van der Waals surface area contributed by atoms with Gasteiger partial charge in [-0.05, 0) is 17.5 Å². The zero-order chi connectivity index (χ0) is 9.42. The molecule has 0 saturated heterocycles. The molecule has 0 saturated carbocycles. The normalized spacial score (nSPS) is 14.5. The first kappa shape index (κ1) is 8.54. The van der Waals surface area contributed by atoms with Crippen LogP contribution in [0.3, 0.4) is 0 Å². The number of fused-ring (bicyclic) bond motifs is 1. The standard InChI is InChI=1S/C11H13FO/c1-7(2)8-3-4-10(12)11-9(8)5-6-13-11/h3-4,7H,5-6H2,1-2H3. The third-order valence-electron chi connectivity index (χ3n) is 2.47. The molecule has 0 spiro atoms. The van der Waals surface area contributed by atoms with E-state index in [2.05, 4.69) is 13.8 Å². The molecule has 0 bridgehead atoms. The minimum absolute atomic E-state index is 0.225. The summed E-state index contributed by atoms with van der Waals surface area (Å²) in [5.74, 6) is 0.694. The van der Waals surface area contributed by atoms with Crippen LogP contribution >= 0.6 is 0 Å². The molecule has 0 atom stereocenters. The summed E-state index contributed by atoms with van der Waals surface area (Å²) in [6.45, 7) is 4.85. The number of rotatable bonds is 1. The molecule has 0 amide bonds. The van der Waals surface area contributed by atoms with Gasteiger partial charge < -0.3 is 4.74 Å². The molecule has 0 aromatic heterocycles. The van der Waals surface area contributed by atoms with Crippen LogP contribution in [0.4, 0.5) is 4.39 Å². The Morgan fingerprint density at radius 3 is 2.85 bits per heavy atom. The maximum Gasteiger partial charge on any atom is 0.165 e. The van der Waals surface area contributed by atoms with Crippen molar-refractivity contribution in [3.8, 4) is 5.75 Å². The molecule has 1 aliphatic heterocycles. The number of hydrogen-bond donors (Lipinski definition) is 0. The Labute approximate surface area is 77.5 Å². The van der Waals surface area contributed by atoms with E-state index in [1.165, 1.54) is 11.6 Å². The van der Waals surface area contributed by atoms with Crippen molar-refractivity contribution in [1.82, 2.24) is 0 Å². The van der Waals surface area contributed by atoms with Crippen molar-refractivity contribution < 1.29 is 9.13 Å². The lowest BCUT2D eigenvalue weighted by Crippen LogP contribution is -1.94. The molecule has 2 rings (SSSR count). The summed E-state index contributed by atoms with van der Waals surface area (Å²) < 4.78 is 18.5. The van der Waals surface area contributed by atoms with Gasteiger partial charge in [-0.15, -0.1) is 0 Å². The lowest BCUT2D eigenvalue weighted by molar-refractivity contribution is 0.339. The minimum Gasteiger partial charge on any atom is -0.490 e. The topological polar surface area (TPSA) is 9.23 Å². The summed E-state index contributed by atoms with van der Waals surface area (Å²) in [6, 6.07) is 3.37. The first-order chi connectivity index (χ1) is 6.20. The summed E-state index contributed by atoms with van der Waals surface area (Å²) in [6.07, 6.45) is 0.848. The molecule has 1 heterocycles. The number of ether oxygens (including phenoxy) is 1. The van der Waals surface area contributed by atoms with Gasteiger partial charge in [-0.25, -0.2) is 4.39 Å². The fourth-order valence-corrected chi connectivity index (χ4v) is 1.82. The SMILES string of the molecule is CC(C)c1ccc(F)c2c1CCO2. The summed E-state index contributed by atoms with van der Waals surface area (Å²) in [4.78, 5) is 0. The molecule has 0 radical (unpaired) electrons. The molecule has 1 aromatic rings. The highest BCUT2D eigenvalue weighted by Gasteiger charge is 2.21. The van der Waals surface area contributed by atoms with Gasteiger partial charge in [-0.3, -0.25) is 0 Å². The van der Waals surface area contributed by atoms with Crippen molar-refractivity contribution in [3.05, 3.63) is 29.1 Å². The van der Waals surface area contributed by atoms with Crippen LogP contribution < -0.4 is 4.74 Å². The lowest BCUT2D eigenvalue weighted by Gasteiger charge is -2.10. The Balaban J connectivity index is 2.56. The van der Waals surface area contributed by atoms with Crippen LogP contribution in [0, 0.1) is 5.82 Å². The first-order valence-electron chi connectivity index (χ1n) is 4.64. The first-order valence-corrected chi connectivity index (χ1v) is 4.64. The second-order valence-corrected chi connectivity index (χ2v) is 3.70. The van der Waals surface area contributed by atoms with Gasteiger partial charge in [-0.2, -0.15) is 0 Å². The summed E-state index contributed by atoms with van der Waals surface area (Å²) >= 11 is 0. The Hall–Kier alpha value is -1.05. The third kappa shape index (κ3) is 1.30. The molecule has 0 N–H and O–H groups in total. The molecule has 1 nitrogen and oxygen atoms in total. The second kappa shape index (κ2) is 3.02. The van der Waals surface area contributed by atoms with Crippen LogP contribution in [0.1, 0.15) is 30.9 Å². The van der Waals surface area contributed by atoms with E-state index in [9.17, 15) is 4.39 Å². The minimum atomic E-state index is -0.225. The van der Waals surface area contributed by atoms with Crippen LogP contribution in [0.15, 0.2) is 12.1 Å². The molecule has 1 aliphatic rings. The van der Waals surface area contributed by atoms with E-state index >= 15 is 0 Å². The van der Waals surface area contributed by atoms with Gasteiger partial charge in [0.2, 0.25) is 0 Å². The van der Waals surface area contributed by atoms with Crippen molar-refractivity contribution in [2.24, 2.45) is 0 Å². The monoisotopic (exact) mass is 180 g/mol. The van der Waals surface area contributed by atoms with Crippen LogP contribution in [0.25, 0.3) is 0 Å². The van der Waals surface area contributed by atoms with Crippen molar-refractivity contribution in [3.63, 3.8) is 0 Å². The maximum absolute atomic E-state index is 13.2. The summed E-state index contributed by atoms with van der Waals surface area (Å²) in [5.41, 5.74) is 2.28. The largest absolute Gasteiger partial charge is 0.490 e. The number of hydrogen-bond acceptors (Lipinski definition) is 1. The highest BCUT2D eigenvalue weighted by atomic mass is 19.1. The van der Waals surface area contributed by atoms with Gasteiger partial charge in [0, 0.05) is 12.0 Å². The van der Waals surface area contributed by atoms with Crippen molar-refractivity contribution in [2.45, 2.75) is 26.2 Å². The number of halogens is 1. The average Bonchev–Trinajstić information content (AvgIpc) is 2.53. The van der Waals surface area contributed by atoms with Crippen LogP contribution in [0.5, 0.6) is 5.75 Å². The molecule has 0 aliphatic carbocycles. The fraction of sp³-hybridized carbons (Fsp3) is 0.455. The highest BCUT2D eigenvalue weighted by molar-refractivity contribution is 5.45. The second-order valence-electron chi connectivity index (χ2n) is 3.70. The molecule has 13 heavy (non-hydrogen) atoms. The van der Waals surface area contributed by atoms with E-state index in [4.69, 9.17) is 4.74 Å².